The summed E-state index contributed by atoms with van der Waals surface area (Å²) in [6.45, 7) is 2.19. The molecule has 1 aromatic carbocycles. The van der Waals surface area contributed by atoms with Crippen LogP contribution in [-0.4, -0.2) is 11.5 Å². The highest BCUT2D eigenvalue weighted by molar-refractivity contribution is 5.44. The van der Waals surface area contributed by atoms with E-state index in [2.05, 4.69) is 6.07 Å². The van der Waals surface area contributed by atoms with Crippen molar-refractivity contribution >= 4 is 5.69 Å². The largest absolute Gasteiger partial charge is 0.487 e. The molecule has 0 aliphatic heterocycles. The summed E-state index contributed by atoms with van der Waals surface area (Å²) in [4.78, 5) is 9.88. The van der Waals surface area contributed by atoms with Crippen molar-refractivity contribution in [2.24, 2.45) is 0 Å². The number of para-hydroxylation sites is 1. The molecular formula is C8H8NO3. The first kappa shape index (κ1) is 8.52. The Kier molecular flexibility index (Phi) is 2.63. The Labute approximate surface area is 69.9 Å². The van der Waals surface area contributed by atoms with Gasteiger partial charge in [-0.2, -0.15) is 0 Å². The molecular weight excluding hydrogens is 158 g/mol. The number of nitro benzene ring substituents is 1. The van der Waals surface area contributed by atoms with Crippen LogP contribution in [-0.2, 0) is 0 Å². The third kappa shape index (κ3) is 1.72. The fourth-order valence-electron chi connectivity index (χ4n) is 0.827. The van der Waals surface area contributed by atoms with E-state index in [1.165, 1.54) is 6.07 Å². The van der Waals surface area contributed by atoms with Crippen LogP contribution >= 0.6 is 0 Å². The van der Waals surface area contributed by atoms with Gasteiger partial charge in [0.25, 0.3) is 0 Å². The van der Waals surface area contributed by atoms with E-state index >= 15 is 0 Å². The summed E-state index contributed by atoms with van der Waals surface area (Å²) >= 11 is 0. The van der Waals surface area contributed by atoms with Gasteiger partial charge in [0.05, 0.1) is 17.6 Å². The van der Waals surface area contributed by atoms with Gasteiger partial charge in [-0.1, -0.05) is 6.07 Å². The molecule has 4 nitrogen and oxygen atoms in total. The first-order chi connectivity index (χ1) is 5.75. The summed E-state index contributed by atoms with van der Waals surface area (Å²) in [5.41, 5.74) is -0.112. The molecule has 0 unspecified atom stereocenters. The molecule has 12 heavy (non-hydrogen) atoms. The van der Waals surface area contributed by atoms with Crippen molar-refractivity contribution in [2.45, 2.75) is 6.92 Å². The predicted molar refractivity (Wildman–Crippen MR) is 43.1 cm³/mol. The molecule has 0 bridgehead atoms. The van der Waals surface area contributed by atoms with Crippen molar-refractivity contribution in [3.05, 3.63) is 34.4 Å². The van der Waals surface area contributed by atoms with Crippen molar-refractivity contribution < 1.29 is 9.66 Å². The van der Waals surface area contributed by atoms with Gasteiger partial charge >= 0.3 is 5.69 Å². The van der Waals surface area contributed by atoms with Crippen molar-refractivity contribution in [1.82, 2.24) is 0 Å². The van der Waals surface area contributed by atoms with Crippen LogP contribution in [0.3, 0.4) is 0 Å². The Morgan fingerprint density at radius 1 is 1.75 bits per heavy atom. The number of nitro groups is 1. The Bertz CT molecular complexity index is 285. The first-order valence-corrected chi connectivity index (χ1v) is 3.53. The zero-order valence-corrected chi connectivity index (χ0v) is 6.61. The molecule has 0 saturated carbocycles. The monoisotopic (exact) mass is 166 g/mol. The molecule has 0 saturated heterocycles. The number of ether oxygens (including phenoxy) is 1. The minimum Gasteiger partial charge on any atom is -0.487 e. The van der Waals surface area contributed by atoms with Gasteiger partial charge in [0, 0.05) is 0 Å². The van der Waals surface area contributed by atoms with Gasteiger partial charge in [0.15, 0.2) is 5.75 Å². The Morgan fingerprint density at radius 2 is 2.50 bits per heavy atom. The van der Waals surface area contributed by atoms with E-state index in [-0.39, 0.29) is 11.4 Å². The van der Waals surface area contributed by atoms with Gasteiger partial charge in [-0.05, 0) is 19.1 Å². The average molecular weight is 166 g/mol. The van der Waals surface area contributed by atoms with E-state index < -0.39 is 4.92 Å². The lowest BCUT2D eigenvalue weighted by atomic mass is 10.3. The fraction of sp³-hybridized carbons (Fsp3) is 0.250. The highest BCUT2D eigenvalue weighted by Gasteiger charge is 2.12. The van der Waals surface area contributed by atoms with Gasteiger partial charge in [0.1, 0.15) is 0 Å². The molecule has 0 amide bonds. The van der Waals surface area contributed by atoms with E-state index in [0.29, 0.717) is 6.61 Å². The summed E-state index contributed by atoms with van der Waals surface area (Å²) in [6.07, 6.45) is 0. The third-order valence-electron chi connectivity index (χ3n) is 1.28. The van der Waals surface area contributed by atoms with E-state index in [0.717, 1.165) is 0 Å². The van der Waals surface area contributed by atoms with Crippen molar-refractivity contribution in [3.63, 3.8) is 0 Å². The van der Waals surface area contributed by atoms with Crippen molar-refractivity contribution in [1.29, 1.82) is 0 Å². The SMILES string of the molecule is CCOc1ccc[c]c1[N+](=O)[O-]. The zero-order valence-electron chi connectivity index (χ0n) is 6.61. The van der Waals surface area contributed by atoms with E-state index in [1.807, 2.05) is 0 Å². The second kappa shape index (κ2) is 3.71. The summed E-state index contributed by atoms with van der Waals surface area (Å²) in [6, 6.07) is 7.19. The van der Waals surface area contributed by atoms with Crippen LogP contribution < -0.4 is 4.74 Å². The lowest BCUT2D eigenvalue weighted by molar-refractivity contribution is -0.386. The van der Waals surface area contributed by atoms with Crippen molar-refractivity contribution in [2.75, 3.05) is 6.61 Å². The molecule has 0 atom stereocenters. The summed E-state index contributed by atoms with van der Waals surface area (Å²) < 4.78 is 5.03. The minimum atomic E-state index is -0.509. The first-order valence-electron chi connectivity index (χ1n) is 3.53. The minimum absolute atomic E-state index is 0.112. The number of nitrogens with zero attached hydrogens (tertiary/aromatic N) is 1. The number of hydrogen-bond donors (Lipinski definition) is 0. The number of benzene rings is 1. The molecule has 1 aromatic rings. The Morgan fingerprint density at radius 3 is 3.08 bits per heavy atom. The lowest BCUT2D eigenvalue weighted by Crippen LogP contribution is -1.96. The maximum Gasteiger partial charge on any atom is 0.318 e. The predicted octanol–water partition coefficient (Wildman–Crippen LogP) is 1.79. The quantitative estimate of drug-likeness (QED) is 0.508. The van der Waals surface area contributed by atoms with Crippen molar-refractivity contribution in [3.8, 4) is 5.75 Å². The average Bonchev–Trinajstić information content (AvgIpc) is 2.05. The van der Waals surface area contributed by atoms with Gasteiger partial charge in [-0.25, -0.2) is 0 Å². The van der Waals surface area contributed by atoms with Crippen LogP contribution in [0.2, 0.25) is 0 Å². The van der Waals surface area contributed by atoms with E-state index in [1.54, 1.807) is 19.1 Å². The second-order valence-electron chi connectivity index (χ2n) is 2.07. The molecule has 0 N–H and O–H groups in total. The number of rotatable bonds is 3. The molecule has 0 aliphatic carbocycles. The van der Waals surface area contributed by atoms with E-state index in [4.69, 9.17) is 4.74 Å². The van der Waals surface area contributed by atoms with Gasteiger partial charge in [-0.3, -0.25) is 10.1 Å². The van der Waals surface area contributed by atoms with E-state index in [9.17, 15) is 10.1 Å². The maximum absolute atomic E-state index is 10.4. The Balaban J connectivity index is 3.00. The standard InChI is InChI=1S/C8H8NO3/c1-2-12-8-6-4-3-5-7(8)9(10)11/h3-4,6H,2H2,1H3. The fourth-order valence-corrected chi connectivity index (χ4v) is 0.827. The molecule has 0 aliphatic rings. The third-order valence-corrected chi connectivity index (χ3v) is 1.28. The topological polar surface area (TPSA) is 52.4 Å². The molecule has 0 heterocycles. The van der Waals surface area contributed by atoms with Gasteiger partial charge in [-0.15, -0.1) is 0 Å². The summed E-state index contributed by atoms with van der Waals surface area (Å²) in [5.74, 6) is 0.269. The molecule has 0 spiro atoms. The maximum atomic E-state index is 10.4. The smallest absolute Gasteiger partial charge is 0.318 e. The number of hydrogen-bond acceptors (Lipinski definition) is 3. The highest BCUT2D eigenvalue weighted by Crippen LogP contribution is 2.24. The van der Waals surface area contributed by atoms with Crippen LogP contribution in [0.15, 0.2) is 18.2 Å². The molecule has 0 fully saturated rings. The Hall–Kier alpha value is -1.58. The second-order valence-corrected chi connectivity index (χ2v) is 2.07. The van der Waals surface area contributed by atoms with Crippen LogP contribution in [0.1, 0.15) is 6.92 Å². The van der Waals surface area contributed by atoms with Gasteiger partial charge < -0.3 is 4.74 Å². The van der Waals surface area contributed by atoms with Gasteiger partial charge in [0.2, 0.25) is 0 Å². The molecule has 0 aromatic heterocycles. The summed E-state index contributed by atoms with van der Waals surface area (Å²) in [5, 5.41) is 10.4. The van der Waals surface area contributed by atoms with Crippen LogP contribution in [0, 0.1) is 16.2 Å². The lowest BCUT2D eigenvalue weighted by Gasteiger charge is -2.01. The van der Waals surface area contributed by atoms with Crippen LogP contribution in [0.5, 0.6) is 5.75 Å². The summed E-state index contributed by atoms with van der Waals surface area (Å²) in [7, 11) is 0. The molecule has 4 heteroatoms. The normalized spacial score (nSPS) is 9.42. The van der Waals surface area contributed by atoms with Crippen LogP contribution in [0.4, 0.5) is 5.69 Å². The highest BCUT2D eigenvalue weighted by atomic mass is 16.6. The van der Waals surface area contributed by atoms with Crippen LogP contribution in [0.25, 0.3) is 0 Å². The molecule has 1 radical (unpaired) electrons. The zero-order chi connectivity index (χ0) is 8.97. The molecule has 63 valence electrons. The molecule has 1 rings (SSSR count).